The van der Waals surface area contributed by atoms with Crippen LogP contribution in [0.15, 0.2) is 57.7 Å². The van der Waals surface area contributed by atoms with Crippen molar-refractivity contribution in [3.63, 3.8) is 0 Å². The molecule has 14 heteroatoms. The second-order valence-electron chi connectivity index (χ2n) is 12.2. The molecule has 0 bridgehead atoms. The number of aromatic hydroxyl groups is 1. The number of carbonyl (C=O) groups is 4. The van der Waals surface area contributed by atoms with Crippen molar-refractivity contribution in [2.75, 3.05) is 5.32 Å². The Bertz CT molecular complexity index is 1650. The van der Waals surface area contributed by atoms with Crippen molar-refractivity contribution in [1.82, 2.24) is 16.0 Å². The highest BCUT2D eigenvalue weighted by molar-refractivity contribution is 6.00. The zero-order chi connectivity index (χ0) is 35.1. The third kappa shape index (κ3) is 10.9. The zero-order valence-electron chi connectivity index (χ0n) is 26.7. The summed E-state index contributed by atoms with van der Waals surface area (Å²) in [7, 11) is 0. The number of rotatable bonds is 13. The van der Waals surface area contributed by atoms with Crippen LogP contribution < -0.4 is 26.9 Å². The third-order valence-electron chi connectivity index (χ3n) is 7.07. The molecule has 0 aliphatic heterocycles. The Kier molecular flexibility index (Phi) is 12.1. The third-order valence-corrected chi connectivity index (χ3v) is 7.07. The highest BCUT2D eigenvalue weighted by Gasteiger charge is 2.34. The normalized spacial score (nSPS) is 13.6. The quantitative estimate of drug-likeness (QED) is 0.171. The van der Waals surface area contributed by atoms with E-state index < -0.39 is 64.7 Å². The molecule has 11 nitrogen and oxygen atoms in total. The number of nitrogens with one attached hydrogen (secondary N) is 4. The smallest absolute Gasteiger partial charge is 0.417 e. The highest BCUT2D eigenvalue weighted by atomic mass is 19.4. The summed E-state index contributed by atoms with van der Waals surface area (Å²) in [5.41, 5.74) is -2.27. The van der Waals surface area contributed by atoms with Gasteiger partial charge in [-0.3, -0.25) is 19.2 Å². The van der Waals surface area contributed by atoms with Gasteiger partial charge in [0.25, 0.3) is 0 Å². The van der Waals surface area contributed by atoms with Gasteiger partial charge in [-0.25, -0.2) is 4.79 Å². The second kappa shape index (κ2) is 15.6. The van der Waals surface area contributed by atoms with Crippen molar-refractivity contribution in [3.05, 3.63) is 70.1 Å². The van der Waals surface area contributed by atoms with E-state index in [0.29, 0.717) is 18.1 Å². The van der Waals surface area contributed by atoms with Crippen molar-refractivity contribution in [3.8, 4) is 5.75 Å². The topological polar surface area (TPSA) is 167 Å². The fraction of sp³-hybridized carbons (Fsp3) is 0.424. The molecule has 2 aromatic carbocycles. The summed E-state index contributed by atoms with van der Waals surface area (Å²) >= 11 is 0. The van der Waals surface area contributed by atoms with Crippen molar-refractivity contribution in [2.24, 2.45) is 11.8 Å². The van der Waals surface area contributed by atoms with Gasteiger partial charge in [0.15, 0.2) is 0 Å². The van der Waals surface area contributed by atoms with Gasteiger partial charge >= 0.3 is 11.8 Å². The maximum Gasteiger partial charge on any atom is 0.417 e. The van der Waals surface area contributed by atoms with E-state index >= 15 is 0 Å². The molecule has 0 aliphatic rings. The summed E-state index contributed by atoms with van der Waals surface area (Å²) < 4.78 is 45.4. The van der Waals surface area contributed by atoms with Gasteiger partial charge in [0.1, 0.15) is 29.5 Å². The molecule has 3 aromatic rings. The number of phenolic OH excluding ortho intramolecular Hbond substituents is 1. The Hall–Kier alpha value is -4.88. The van der Waals surface area contributed by atoms with Crippen LogP contribution in [0.25, 0.3) is 11.0 Å². The van der Waals surface area contributed by atoms with Crippen LogP contribution in [0.3, 0.4) is 0 Å². The van der Waals surface area contributed by atoms with E-state index in [2.05, 4.69) is 21.3 Å². The first-order valence-corrected chi connectivity index (χ1v) is 15.0. The minimum atomic E-state index is -4.82. The molecule has 3 rings (SSSR count). The summed E-state index contributed by atoms with van der Waals surface area (Å²) in [6.07, 6.45) is -4.37. The van der Waals surface area contributed by atoms with Crippen LogP contribution in [0, 0.1) is 11.8 Å². The highest BCUT2D eigenvalue weighted by Crippen LogP contribution is 2.34. The molecule has 0 saturated carbocycles. The minimum Gasteiger partial charge on any atom is -0.508 e. The number of alkyl halides is 3. The number of amides is 4. The van der Waals surface area contributed by atoms with Crippen molar-refractivity contribution in [1.29, 1.82) is 0 Å². The first-order chi connectivity index (χ1) is 21.9. The molecule has 254 valence electrons. The largest absolute Gasteiger partial charge is 0.508 e. The number of halogens is 3. The van der Waals surface area contributed by atoms with Crippen LogP contribution in [-0.4, -0.2) is 46.9 Å². The lowest BCUT2D eigenvalue weighted by Gasteiger charge is -2.27. The molecule has 3 atom stereocenters. The van der Waals surface area contributed by atoms with Crippen LogP contribution in [0.2, 0.25) is 0 Å². The first-order valence-electron chi connectivity index (χ1n) is 15.0. The molecule has 3 unspecified atom stereocenters. The molecule has 0 spiro atoms. The fourth-order valence-corrected chi connectivity index (χ4v) is 4.98. The molecule has 5 N–H and O–H groups in total. The molecule has 0 fully saturated rings. The second-order valence-corrected chi connectivity index (χ2v) is 12.2. The molecule has 0 aliphatic carbocycles. The minimum absolute atomic E-state index is 0.00574. The van der Waals surface area contributed by atoms with Crippen LogP contribution >= 0.6 is 0 Å². The fourth-order valence-electron chi connectivity index (χ4n) is 4.98. The molecule has 1 heterocycles. The number of hydrogen-bond acceptors (Lipinski definition) is 7. The Balaban J connectivity index is 1.91. The van der Waals surface area contributed by atoms with E-state index in [9.17, 15) is 42.3 Å². The molecule has 0 radical (unpaired) electrons. The molecule has 1 aromatic heterocycles. The molecular weight excluding hydrogens is 621 g/mol. The standard InChI is InChI=1S/C33H39F3N4O7/c1-17(2)12-25(37-19(5)41)31(45)39-26(13-18(3)4)32(46)40-27(14-20-6-9-22(42)10-7-20)30(44)38-21-8-11-23-24(33(34,35)36)16-29(43)47-28(23)15-21/h6-11,15-18,25-27,42H,12-14H2,1-5H3,(H,37,41)(H,38,44)(H,39,45)(H,40,46). The summed E-state index contributed by atoms with van der Waals surface area (Å²) in [4.78, 5) is 64.0. The Morgan fingerprint density at radius 1 is 0.787 bits per heavy atom. The van der Waals surface area contributed by atoms with E-state index in [4.69, 9.17) is 4.42 Å². The Morgan fingerprint density at radius 3 is 1.87 bits per heavy atom. The summed E-state index contributed by atoms with van der Waals surface area (Å²) in [6, 6.07) is 6.32. The van der Waals surface area contributed by atoms with Crippen LogP contribution in [-0.2, 0) is 31.8 Å². The number of fused-ring (bicyclic) bond motifs is 1. The lowest BCUT2D eigenvalue weighted by molar-refractivity contribution is -0.136. The molecular formula is C33H39F3N4O7. The lowest BCUT2D eigenvalue weighted by Crippen LogP contribution is -2.56. The van der Waals surface area contributed by atoms with Crippen molar-refractivity contribution >= 4 is 40.3 Å². The number of anilines is 1. The number of phenols is 1. The number of hydrogen-bond donors (Lipinski definition) is 5. The van der Waals surface area contributed by atoms with Crippen LogP contribution in [0.5, 0.6) is 5.75 Å². The summed E-state index contributed by atoms with van der Waals surface area (Å²) in [6.45, 7) is 8.73. The van der Waals surface area contributed by atoms with Gasteiger partial charge in [-0.2, -0.15) is 13.2 Å². The first kappa shape index (κ1) is 36.6. The SMILES string of the molecule is CC(=O)NC(CC(C)C)C(=O)NC(CC(C)C)C(=O)NC(Cc1ccc(O)cc1)C(=O)Nc1ccc2c(C(F)(F)F)cc(=O)oc2c1. The molecule has 4 amide bonds. The monoisotopic (exact) mass is 660 g/mol. The average Bonchev–Trinajstić information content (AvgIpc) is 2.95. The Morgan fingerprint density at radius 2 is 1.34 bits per heavy atom. The van der Waals surface area contributed by atoms with Gasteiger partial charge in [-0.05, 0) is 54.5 Å². The maximum atomic E-state index is 13.6. The summed E-state index contributed by atoms with van der Waals surface area (Å²) in [5.74, 6) is -2.45. The van der Waals surface area contributed by atoms with E-state index in [1.807, 2.05) is 27.7 Å². The maximum absolute atomic E-state index is 13.6. The van der Waals surface area contributed by atoms with E-state index in [-0.39, 0.29) is 41.5 Å². The van der Waals surface area contributed by atoms with Crippen LogP contribution in [0.4, 0.5) is 18.9 Å². The molecule has 47 heavy (non-hydrogen) atoms. The van der Waals surface area contributed by atoms with E-state index in [0.717, 1.165) is 12.1 Å². The van der Waals surface area contributed by atoms with Crippen molar-refractivity contribution in [2.45, 2.75) is 78.2 Å². The Labute approximate surface area is 269 Å². The average molecular weight is 661 g/mol. The van der Waals surface area contributed by atoms with Crippen molar-refractivity contribution < 1.29 is 41.9 Å². The van der Waals surface area contributed by atoms with E-state index in [1.165, 1.54) is 25.1 Å². The number of benzene rings is 2. The lowest BCUT2D eigenvalue weighted by atomic mass is 9.99. The van der Waals surface area contributed by atoms with E-state index in [1.54, 1.807) is 12.1 Å². The van der Waals surface area contributed by atoms with Gasteiger partial charge < -0.3 is 30.8 Å². The predicted molar refractivity (Wildman–Crippen MR) is 168 cm³/mol. The molecule has 0 saturated heterocycles. The zero-order valence-corrected chi connectivity index (χ0v) is 26.7. The summed E-state index contributed by atoms with van der Waals surface area (Å²) in [5, 5.41) is 19.8. The van der Waals surface area contributed by atoms with Crippen LogP contribution in [0.1, 0.15) is 58.6 Å². The number of carbonyl (C=O) groups excluding carboxylic acids is 4. The van der Waals surface area contributed by atoms with Gasteiger partial charge in [0, 0.05) is 36.6 Å². The van der Waals surface area contributed by atoms with Gasteiger partial charge in [0.2, 0.25) is 23.6 Å². The van der Waals surface area contributed by atoms with Gasteiger partial charge in [0.05, 0.1) is 5.56 Å². The predicted octanol–water partition coefficient (Wildman–Crippen LogP) is 4.27. The van der Waals surface area contributed by atoms with Gasteiger partial charge in [-0.15, -0.1) is 0 Å². The van der Waals surface area contributed by atoms with Gasteiger partial charge in [-0.1, -0.05) is 39.8 Å².